The molecule has 0 aliphatic rings. The Morgan fingerprint density at radius 3 is 1.54 bits per heavy atom. The SMILES string of the molecule is CC(C)n1c2ccc(-c3ccccc3)cc2c2cc(-c3cccc4c3sc3c(-c5ccccc5)cccc34)ccc21. The molecule has 2 aromatic heterocycles. The second kappa shape index (κ2) is 9.47. The van der Waals surface area contributed by atoms with E-state index >= 15 is 0 Å². The Hall–Kier alpha value is -4.66. The van der Waals surface area contributed by atoms with E-state index in [9.17, 15) is 0 Å². The lowest BCUT2D eigenvalue weighted by molar-refractivity contribution is 0.642. The molecule has 0 spiro atoms. The second-order valence-corrected chi connectivity index (χ2v) is 12.1. The van der Waals surface area contributed by atoms with Gasteiger partial charge in [-0.2, -0.15) is 0 Å². The Labute approximate surface area is 243 Å². The van der Waals surface area contributed by atoms with Crippen LogP contribution in [0.5, 0.6) is 0 Å². The third-order valence-electron chi connectivity index (χ3n) is 8.35. The monoisotopic (exact) mass is 543 g/mol. The summed E-state index contributed by atoms with van der Waals surface area (Å²) in [6.07, 6.45) is 0. The van der Waals surface area contributed by atoms with Crippen LogP contribution >= 0.6 is 11.3 Å². The zero-order valence-electron chi connectivity index (χ0n) is 23.1. The topological polar surface area (TPSA) is 4.93 Å². The molecule has 41 heavy (non-hydrogen) atoms. The number of thiophene rings is 1. The maximum atomic E-state index is 2.48. The number of rotatable bonds is 4. The van der Waals surface area contributed by atoms with Gasteiger partial charge < -0.3 is 4.57 Å². The van der Waals surface area contributed by atoms with E-state index in [4.69, 9.17) is 0 Å². The fourth-order valence-corrected chi connectivity index (χ4v) is 7.85. The number of hydrogen-bond donors (Lipinski definition) is 0. The highest BCUT2D eigenvalue weighted by Gasteiger charge is 2.17. The van der Waals surface area contributed by atoms with Gasteiger partial charge in [-0.05, 0) is 71.5 Å². The van der Waals surface area contributed by atoms with Crippen molar-refractivity contribution in [3.8, 4) is 33.4 Å². The van der Waals surface area contributed by atoms with Crippen LogP contribution in [0.3, 0.4) is 0 Å². The summed E-state index contributed by atoms with van der Waals surface area (Å²) in [5.41, 5.74) is 10.2. The zero-order chi connectivity index (χ0) is 27.5. The van der Waals surface area contributed by atoms with Gasteiger partial charge in [-0.1, -0.05) is 109 Å². The Balaban J connectivity index is 1.37. The third kappa shape index (κ3) is 3.83. The number of hydrogen-bond acceptors (Lipinski definition) is 1. The molecule has 1 nitrogen and oxygen atoms in total. The second-order valence-electron chi connectivity index (χ2n) is 11.1. The number of fused-ring (bicyclic) bond motifs is 6. The minimum atomic E-state index is 0.367. The first-order valence-electron chi connectivity index (χ1n) is 14.3. The summed E-state index contributed by atoms with van der Waals surface area (Å²) in [5, 5.41) is 5.29. The molecule has 8 rings (SSSR count). The van der Waals surface area contributed by atoms with Crippen LogP contribution in [-0.2, 0) is 0 Å². The minimum Gasteiger partial charge on any atom is -0.338 e. The Morgan fingerprint density at radius 1 is 0.439 bits per heavy atom. The summed E-state index contributed by atoms with van der Waals surface area (Å²) in [5.74, 6) is 0. The van der Waals surface area contributed by atoms with E-state index in [1.807, 2.05) is 11.3 Å². The highest BCUT2D eigenvalue weighted by Crippen LogP contribution is 2.45. The molecule has 0 bridgehead atoms. The lowest BCUT2D eigenvalue weighted by Gasteiger charge is -2.12. The summed E-state index contributed by atoms with van der Waals surface area (Å²) in [6.45, 7) is 4.56. The van der Waals surface area contributed by atoms with Crippen LogP contribution in [-0.4, -0.2) is 4.57 Å². The van der Waals surface area contributed by atoms with Crippen LogP contribution in [0.2, 0.25) is 0 Å². The van der Waals surface area contributed by atoms with Gasteiger partial charge in [0, 0.05) is 48.0 Å². The van der Waals surface area contributed by atoms with Crippen molar-refractivity contribution in [2.75, 3.05) is 0 Å². The van der Waals surface area contributed by atoms with Crippen LogP contribution in [0, 0.1) is 0 Å². The van der Waals surface area contributed by atoms with Gasteiger partial charge in [-0.25, -0.2) is 0 Å². The molecule has 0 atom stereocenters. The Bertz CT molecular complexity index is 2220. The summed E-state index contributed by atoms with van der Waals surface area (Å²) in [6, 6.07) is 49.3. The van der Waals surface area contributed by atoms with Gasteiger partial charge in [-0.3, -0.25) is 0 Å². The Kier molecular flexibility index (Phi) is 5.58. The summed E-state index contributed by atoms with van der Waals surface area (Å²) < 4.78 is 5.18. The van der Waals surface area contributed by atoms with Gasteiger partial charge in [-0.15, -0.1) is 11.3 Å². The van der Waals surface area contributed by atoms with E-state index in [2.05, 4.69) is 152 Å². The van der Waals surface area contributed by atoms with Crippen molar-refractivity contribution in [3.05, 3.63) is 133 Å². The maximum absolute atomic E-state index is 2.48. The average molecular weight is 544 g/mol. The number of nitrogens with zero attached hydrogens (tertiary/aromatic N) is 1. The molecule has 0 fully saturated rings. The molecule has 0 amide bonds. The number of benzene rings is 6. The van der Waals surface area contributed by atoms with Crippen molar-refractivity contribution in [1.82, 2.24) is 4.57 Å². The van der Waals surface area contributed by atoms with Crippen LogP contribution in [0.15, 0.2) is 133 Å². The van der Waals surface area contributed by atoms with Crippen molar-refractivity contribution >= 4 is 53.3 Å². The van der Waals surface area contributed by atoms with Crippen molar-refractivity contribution in [1.29, 1.82) is 0 Å². The van der Waals surface area contributed by atoms with Crippen molar-refractivity contribution in [3.63, 3.8) is 0 Å². The Morgan fingerprint density at radius 2 is 0.951 bits per heavy atom. The van der Waals surface area contributed by atoms with E-state index in [1.54, 1.807) is 0 Å². The molecular weight excluding hydrogens is 515 g/mol. The lowest BCUT2D eigenvalue weighted by atomic mass is 9.98. The first-order chi connectivity index (χ1) is 20.2. The van der Waals surface area contributed by atoms with Crippen molar-refractivity contribution in [2.24, 2.45) is 0 Å². The van der Waals surface area contributed by atoms with Crippen LogP contribution < -0.4 is 0 Å². The molecule has 0 N–H and O–H groups in total. The molecular formula is C39H29NS. The van der Waals surface area contributed by atoms with E-state index in [-0.39, 0.29) is 0 Å². The van der Waals surface area contributed by atoms with Gasteiger partial charge in [0.2, 0.25) is 0 Å². The van der Waals surface area contributed by atoms with Crippen LogP contribution in [0.1, 0.15) is 19.9 Å². The molecule has 0 aliphatic carbocycles. The fraction of sp³-hybridized carbons (Fsp3) is 0.0769. The number of aromatic nitrogens is 1. The minimum absolute atomic E-state index is 0.367. The normalized spacial score (nSPS) is 11.9. The summed E-state index contributed by atoms with van der Waals surface area (Å²) >= 11 is 1.92. The van der Waals surface area contributed by atoms with Gasteiger partial charge in [0.15, 0.2) is 0 Å². The zero-order valence-corrected chi connectivity index (χ0v) is 24.0. The predicted molar refractivity (Wildman–Crippen MR) is 179 cm³/mol. The molecule has 0 unspecified atom stereocenters. The van der Waals surface area contributed by atoms with Crippen molar-refractivity contribution < 1.29 is 0 Å². The standard InChI is InChI=1S/C39H29NS/c1-25(2)40-36-21-19-28(26-11-5-3-6-12-26)23-34(36)35-24-29(20-22-37(35)40)31-16-10-18-33-32-17-9-15-30(38(32)41-39(31)33)27-13-7-4-8-14-27/h3-25H,1-2H3. The van der Waals surface area contributed by atoms with E-state index in [0.29, 0.717) is 6.04 Å². The molecule has 2 heteroatoms. The average Bonchev–Trinajstić information content (AvgIpc) is 3.57. The largest absolute Gasteiger partial charge is 0.338 e. The summed E-state index contributed by atoms with van der Waals surface area (Å²) in [4.78, 5) is 0. The van der Waals surface area contributed by atoms with Gasteiger partial charge in [0.05, 0.1) is 0 Å². The molecule has 2 heterocycles. The van der Waals surface area contributed by atoms with Crippen LogP contribution in [0.25, 0.3) is 75.4 Å². The highest BCUT2D eigenvalue weighted by molar-refractivity contribution is 7.26. The van der Waals surface area contributed by atoms with Gasteiger partial charge in [0.25, 0.3) is 0 Å². The molecule has 0 radical (unpaired) electrons. The predicted octanol–water partition coefficient (Wildman–Crippen LogP) is 11.7. The van der Waals surface area contributed by atoms with Crippen LogP contribution in [0.4, 0.5) is 0 Å². The van der Waals surface area contributed by atoms with E-state index in [1.165, 1.54) is 75.4 Å². The smallest absolute Gasteiger partial charge is 0.0494 e. The quantitative estimate of drug-likeness (QED) is 0.208. The fourth-order valence-electron chi connectivity index (χ4n) is 6.48. The van der Waals surface area contributed by atoms with Gasteiger partial charge >= 0.3 is 0 Å². The molecule has 0 saturated heterocycles. The summed E-state index contributed by atoms with van der Waals surface area (Å²) in [7, 11) is 0. The molecule has 6 aromatic carbocycles. The maximum Gasteiger partial charge on any atom is 0.0494 e. The van der Waals surface area contributed by atoms with Crippen molar-refractivity contribution in [2.45, 2.75) is 19.9 Å². The lowest BCUT2D eigenvalue weighted by Crippen LogP contribution is -1.99. The first-order valence-corrected chi connectivity index (χ1v) is 15.1. The molecule has 0 aliphatic heterocycles. The molecule has 8 aromatic rings. The molecule has 196 valence electrons. The highest BCUT2D eigenvalue weighted by atomic mass is 32.1. The third-order valence-corrected chi connectivity index (χ3v) is 9.63. The first kappa shape index (κ1) is 24.2. The van der Waals surface area contributed by atoms with E-state index in [0.717, 1.165) is 0 Å². The van der Waals surface area contributed by atoms with Gasteiger partial charge in [0.1, 0.15) is 0 Å². The molecule has 0 saturated carbocycles. The van der Waals surface area contributed by atoms with E-state index < -0.39 is 0 Å².